The van der Waals surface area contributed by atoms with E-state index < -0.39 is 23.6 Å². The van der Waals surface area contributed by atoms with Gasteiger partial charge in [-0.15, -0.1) is 0 Å². The molecule has 2 aliphatic rings. The number of esters is 1. The maximum absolute atomic E-state index is 14.4. The van der Waals surface area contributed by atoms with Crippen LogP contribution >= 0.6 is 0 Å². The molecule has 1 heterocycles. The normalized spacial score (nSPS) is 22.3. The quantitative estimate of drug-likeness (QED) is 0.652. The van der Waals surface area contributed by atoms with Crippen LogP contribution in [0.25, 0.3) is 0 Å². The first-order valence-corrected chi connectivity index (χ1v) is 10.8. The van der Waals surface area contributed by atoms with Gasteiger partial charge in [0, 0.05) is 6.42 Å². The van der Waals surface area contributed by atoms with Crippen molar-refractivity contribution in [2.75, 3.05) is 13.7 Å². The molecule has 0 aromatic heterocycles. The van der Waals surface area contributed by atoms with Crippen molar-refractivity contribution >= 4 is 11.9 Å². The summed E-state index contributed by atoms with van der Waals surface area (Å²) in [5, 5.41) is 0. The van der Waals surface area contributed by atoms with Gasteiger partial charge in [-0.25, -0.2) is 9.18 Å². The monoisotopic (exact) mass is 425 g/mol. The van der Waals surface area contributed by atoms with Crippen molar-refractivity contribution in [2.24, 2.45) is 0 Å². The van der Waals surface area contributed by atoms with E-state index in [0.29, 0.717) is 12.8 Å². The molecule has 0 N–H and O–H groups in total. The van der Waals surface area contributed by atoms with Crippen molar-refractivity contribution in [3.05, 3.63) is 65.7 Å². The van der Waals surface area contributed by atoms with Crippen LogP contribution < -0.4 is 4.74 Å². The van der Waals surface area contributed by atoms with E-state index in [1.54, 1.807) is 7.11 Å². The Morgan fingerprint density at radius 2 is 1.74 bits per heavy atom. The molecular weight excluding hydrogens is 397 g/mol. The van der Waals surface area contributed by atoms with Crippen LogP contribution in [0.5, 0.6) is 5.75 Å². The van der Waals surface area contributed by atoms with Gasteiger partial charge in [0.1, 0.15) is 24.6 Å². The Balaban J connectivity index is 1.54. The van der Waals surface area contributed by atoms with E-state index in [2.05, 4.69) is 0 Å². The second-order valence-corrected chi connectivity index (χ2v) is 8.42. The number of methoxy groups -OCH3 is 1. The van der Waals surface area contributed by atoms with Gasteiger partial charge in [-0.05, 0) is 36.1 Å². The van der Waals surface area contributed by atoms with Gasteiger partial charge in [0.05, 0.1) is 19.1 Å². The minimum Gasteiger partial charge on any atom is -0.497 e. The van der Waals surface area contributed by atoms with Crippen LogP contribution in [0.15, 0.2) is 54.6 Å². The fourth-order valence-corrected chi connectivity index (χ4v) is 4.85. The lowest BCUT2D eigenvalue weighted by molar-refractivity contribution is -0.156. The number of alkyl halides is 1. The molecule has 1 saturated heterocycles. The third kappa shape index (κ3) is 4.29. The Kier molecular flexibility index (Phi) is 6.25. The van der Waals surface area contributed by atoms with Gasteiger partial charge in [0.2, 0.25) is 5.91 Å². The van der Waals surface area contributed by atoms with Crippen LogP contribution in [-0.4, -0.2) is 42.6 Å². The molecule has 1 aliphatic heterocycles. The van der Waals surface area contributed by atoms with Crippen LogP contribution in [0.3, 0.4) is 0 Å². The zero-order valence-corrected chi connectivity index (χ0v) is 17.8. The summed E-state index contributed by atoms with van der Waals surface area (Å²) in [7, 11) is 1.60. The Bertz CT molecular complexity index is 909. The number of amides is 1. The number of halogens is 1. The zero-order valence-electron chi connectivity index (χ0n) is 17.8. The fourth-order valence-electron chi connectivity index (χ4n) is 4.85. The van der Waals surface area contributed by atoms with E-state index in [0.717, 1.165) is 29.7 Å². The highest BCUT2D eigenvalue weighted by Gasteiger charge is 2.50. The molecule has 0 spiro atoms. The third-order valence-corrected chi connectivity index (χ3v) is 6.52. The molecule has 0 bridgehead atoms. The number of carbonyl (C=O) groups excluding carboxylic acids is 2. The van der Waals surface area contributed by atoms with Gasteiger partial charge < -0.3 is 14.4 Å². The van der Waals surface area contributed by atoms with Gasteiger partial charge in [-0.1, -0.05) is 55.3 Å². The molecule has 1 aliphatic carbocycles. The van der Waals surface area contributed by atoms with E-state index in [1.807, 2.05) is 54.6 Å². The standard InChI is InChI=1S/C25H28FNO4/c1-30-21-11-9-19(10-12-21)25(13-5-6-14-25)24(29)27-16-20(26)15-22(27)23(28)31-17-18-7-3-2-4-8-18/h2-4,7-12,20,22H,5-6,13-17H2,1H3/t20-,22+/m0/s1. The molecule has 2 fully saturated rings. The fraction of sp³-hybridized carbons (Fsp3) is 0.440. The number of nitrogens with zero attached hydrogens (tertiary/aromatic N) is 1. The highest BCUT2D eigenvalue weighted by molar-refractivity contribution is 5.93. The lowest BCUT2D eigenvalue weighted by Gasteiger charge is -2.35. The minimum atomic E-state index is -1.23. The second-order valence-electron chi connectivity index (χ2n) is 8.42. The van der Waals surface area contributed by atoms with E-state index in [9.17, 15) is 14.0 Å². The average Bonchev–Trinajstić information content (AvgIpc) is 3.46. The van der Waals surface area contributed by atoms with Crippen LogP contribution in [0, 0.1) is 0 Å². The molecule has 4 rings (SSSR count). The lowest BCUT2D eigenvalue weighted by Crippen LogP contribution is -2.50. The molecule has 1 amide bonds. The van der Waals surface area contributed by atoms with Crippen molar-refractivity contribution in [1.82, 2.24) is 4.90 Å². The van der Waals surface area contributed by atoms with Gasteiger partial charge in [-0.2, -0.15) is 0 Å². The van der Waals surface area contributed by atoms with Crippen molar-refractivity contribution < 1.29 is 23.5 Å². The topological polar surface area (TPSA) is 55.8 Å². The second kappa shape index (κ2) is 9.08. The molecule has 1 saturated carbocycles. The van der Waals surface area contributed by atoms with Crippen LogP contribution in [-0.2, 0) is 26.3 Å². The van der Waals surface area contributed by atoms with E-state index in [-0.39, 0.29) is 25.5 Å². The molecule has 2 atom stereocenters. The third-order valence-electron chi connectivity index (χ3n) is 6.52. The van der Waals surface area contributed by atoms with Crippen LogP contribution in [0.2, 0.25) is 0 Å². The number of likely N-dealkylation sites (tertiary alicyclic amines) is 1. The molecule has 2 aromatic rings. The summed E-state index contributed by atoms with van der Waals surface area (Å²) in [5.41, 5.74) is 1.03. The maximum Gasteiger partial charge on any atom is 0.329 e. The Morgan fingerprint density at radius 3 is 2.39 bits per heavy atom. The lowest BCUT2D eigenvalue weighted by atomic mass is 9.77. The minimum absolute atomic E-state index is 0.0158. The summed E-state index contributed by atoms with van der Waals surface area (Å²) in [4.78, 5) is 28.0. The maximum atomic E-state index is 14.4. The predicted molar refractivity (Wildman–Crippen MR) is 114 cm³/mol. The van der Waals surface area contributed by atoms with Gasteiger partial charge in [0.15, 0.2) is 0 Å². The summed E-state index contributed by atoms with van der Waals surface area (Å²) >= 11 is 0. The zero-order chi connectivity index (χ0) is 21.8. The average molecular weight is 426 g/mol. The molecule has 2 aromatic carbocycles. The summed E-state index contributed by atoms with van der Waals surface area (Å²) in [6, 6.07) is 16.0. The molecule has 0 radical (unpaired) electrons. The SMILES string of the molecule is COc1ccc(C2(C(=O)N3C[C@@H](F)C[C@@H]3C(=O)OCc3ccccc3)CCCC2)cc1. The number of benzene rings is 2. The molecule has 31 heavy (non-hydrogen) atoms. The Hall–Kier alpha value is -2.89. The van der Waals surface area contributed by atoms with Crippen LogP contribution in [0.1, 0.15) is 43.2 Å². The molecule has 0 unspecified atom stereocenters. The molecule has 164 valence electrons. The highest BCUT2D eigenvalue weighted by atomic mass is 19.1. The van der Waals surface area contributed by atoms with E-state index in [4.69, 9.17) is 9.47 Å². The van der Waals surface area contributed by atoms with E-state index >= 15 is 0 Å². The molecule has 6 heteroatoms. The van der Waals surface area contributed by atoms with Gasteiger partial charge in [0.25, 0.3) is 0 Å². The number of carbonyl (C=O) groups is 2. The largest absolute Gasteiger partial charge is 0.497 e. The number of ether oxygens (including phenoxy) is 2. The first kappa shape index (κ1) is 21.3. The first-order valence-electron chi connectivity index (χ1n) is 10.8. The predicted octanol–water partition coefficient (Wildman–Crippen LogP) is 4.19. The number of rotatable bonds is 6. The smallest absolute Gasteiger partial charge is 0.329 e. The summed E-state index contributed by atoms with van der Waals surface area (Å²) in [5.74, 6) is 0.00826. The van der Waals surface area contributed by atoms with Crippen molar-refractivity contribution in [1.29, 1.82) is 0 Å². The van der Waals surface area contributed by atoms with Gasteiger partial charge in [-0.3, -0.25) is 4.79 Å². The van der Waals surface area contributed by atoms with Gasteiger partial charge >= 0.3 is 5.97 Å². The van der Waals surface area contributed by atoms with Crippen LogP contribution in [0.4, 0.5) is 4.39 Å². The molecular formula is C25H28FNO4. The summed E-state index contributed by atoms with van der Waals surface area (Å²) in [6.07, 6.45) is 1.99. The molecule has 5 nitrogen and oxygen atoms in total. The van der Waals surface area contributed by atoms with Crippen molar-refractivity contribution in [3.63, 3.8) is 0 Å². The van der Waals surface area contributed by atoms with Crippen molar-refractivity contribution in [3.8, 4) is 5.75 Å². The number of hydrogen-bond acceptors (Lipinski definition) is 4. The Morgan fingerprint density at radius 1 is 1.06 bits per heavy atom. The highest BCUT2D eigenvalue weighted by Crippen LogP contribution is 2.44. The van der Waals surface area contributed by atoms with Crippen molar-refractivity contribution in [2.45, 2.75) is 56.3 Å². The Labute approximate surface area is 182 Å². The first-order chi connectivity index (χ1) is 15.0. The summed E-state index contributed by atoms with van der Waals surface area (Å²) in [6.45, 7) is 0.0423. The summed E-state index contributed by atoms with van der Waals surface area (Å²) < 4.78 is 25.1. The van der Waals surface area contributed by atoms with E-state index in [1.165, 1.54) is 4.90 Å². The number of hydrogen-bond donors (Lipinski definition) is 0.